The maximum atomic E-state index is 5.99. The van der Waals surface area contributed by atoms with Gasteiger partial charge in [0.1, 0.15) is 5.65 Å². The van der Waals surface area contributed by atoms with E-state index in [1.165, 1.54) is 5.56 Å². The highest BCUT2D eigenvalue weighted by Gasteiger charge is 2.09. The third-order valence-corrected chi connectivity index (χ3v) is 3.83. The summed E-state index contributed by atoms with van der Waals surface area (Å²) >= 11 is 5.99. The number of imidazole rings is 1. The third kappa shape index (κ3) is 3.26. The van der Waals surface area contributed by atoms with Crippen LogP contribution in [0, 0.1) is 0 Å². The molecule has 1 aromatic carbocycles. The molecule has 0 amide bonds. The molecule has 0 radical (unpaired) electrons. The molecular formula is C17H18ClN3. The van der Waals surface area contributed by atoms with Crippen molar-refractivity contribution in [1.29, 1.82) is 0 Å². The molecule has 0 fully saturated rings. The van der Waals surface area contributed by atoms with Gasteiger partial charge < -0.3 is 9.72 Å². The van der Waals surface area contributed by atoms with Crippen molar-refractivity contribution in [3.8, 4) is 0 Å². The Hall–Kier alpha value is -1.84. The zero-order valence-corrected chi connectivity index (χ0v) is 12.7. The molecule has 108 valence electrons. The molecule has 4 heteroatoms. The molecule has 0 aliphatic rings. The first kappa shape index (κ1) is 14.1. The second kappa shape index (κ2) is 6.29. The lowest BCUT2D eigenvalue weighted by molar-refractivity contribution is 0.515. The highest BCUT2D eigenvalue weighted by Crippen LogP contribution is 2.17. The number of aromatic nitrogens is 2. The number of benzene rings is 1. The van der Waals surface area contributed by atoms with Crippen molar-refractivity contribution in [1.82, 2.24) is 14.7 Å². The van der Waals surface area contributed by atoms with E-state index in [1.807, 2.05) is 35.0 Å². The summed E-state index contributed by atoms with van der Waals surface area (Å²) in [5, 5.41) is 4.29. The molecule has 3 rings (SSSR count). The van der Waals surface area contributed by atoms with E-state index in [0.717, 1.165) is 29.3 Å². The Balaban J connectivity index is 1.73. The smallest absolute Gasteiger partial charge is 0.137 e. The fraction of sp³-hybridized carbons (Fsp3) is 0.235. The Morgan fingerprint density at radius 3 is 2.71 bits per heavy atom. The first-order chi connectivity index (χ1) is 10.3. The number of halogens is 1. The number of hydrogen-bond acceptors (Lipinski definition) is 2. The molecule has 3 aromatic rings. The Kier molecular flexibility index (Phi) is 4.23. The molecule has 0 saturated heterocycles. The third-order valence-electron chi connectivity index (χ3n) is 3.60. The number of pyridine rings is 1. The zero-order chi connectivity index (χ0) is 14.7. The SMILES string of the molecule is CCC(NCc1cn2cc(Cl)ccc2n1)c1ccccc1. The van der Waals surface area contributed by atoms with Crippen molar-refractivity contribution < 1.29 is 0 Å². The summed E-state index contributed by atoms with van der Waals surface area (Å²) in [6.07, 6.45) is 4.94. The van der Waals surface area contributed by atoms with Crippen LogP contribution in [0.4, 0.5) is 0 Å². The molecule has 1 unspecified atom stereocenters. The quantitative estimate of drug-likeness (QED) is 0.764. The predicted molar refractivity (Wildman–Crippen MR) is 86.5 cm³/mol. The maximum absolute atomic E-state index is 5.99. The van der Waals surface area contributed by atoms with Crippen LogP contribution in [0.3, 0.4) is 0 Å². The lowest BCUT2D eigenvalue weighted by Gasteiger charge is -2.16. The maximum Gasteiger partial charge on any atom is 0.137 e. The summed E-state index contributed by atoms with van der Waals surface area (Å²) in [4.78, 5) is 4.60. The topological polar surface area (TPSA) is 29.3 Å². The largest absolute Gasteiger partial charge is 0.305 e. The van der Waals surface area contributed by atoms with Gasteiger partial charge in [0.2, 0.25) is 0 Å². The summed E-state index contributed by atoms with van der Waals surface area (Å²) in [5.41, 5.74) is 3.25. The van der Waals surface area contributed by atoms with Crippen LogP contribution in [0.5, 0.6) is 0 Å². The van der Waals surface area contributed by atoms with Gasteiger partial charge in [-0.05, 0) is 24.1 Å². The molecule has 2 heterocycles. The van der Waals surface area contributed by atoms with E-state index in [2.05, 4.69) is 41.5 Å². The normalized spacial score (nSPS) is 12.7. The van der Waals surface area contributed by atoms with E-state index < -0.39 is 0 Å². The molecule has 1 atom stereocenters. The monoisotopic (exact) mass is 299 g/mol. The summed E-state index contributed by atoms with van der Waals surface area (Å²) in [5.74, 6) is 0. The highest BCUT2D eigenvalue weighted by atomic mass is 35.5. The average Bonchev–Trinajstić information content (AvgIpc) is 2.91. The van der Waals surface area contributed by atoms with E-state index in [1.54, 1.807) is 0 Å². The standard InChI is InChI=1S/C17H18ClN3/c1-2-16(13-6-4-3-5-7-13)19-10-15-12-21-11-14(18)8-9-17(21)20-15/h3-9,11-12,16,19H,2,10H2,1H3. The first-order valence-electron chi connectivity index (χ1n) is 7.17. The van der Waals surface area contributed by atoms with Crippen molar-refractivity contribution in [2.75, 3.05) is 0 Å². The molecule has 21 heavy (non-hydrogen) atoms. The van der Waals surface area contributed by atoms with Crippen LogP contribution >= 0.6 is 11.6 Å². The molecule has 0 saturated carbocycles. The van der Waals surface area contributed by atoms with Crippen LogP contribution in [-0.2, 0) is 6.54 Å². The van der Waals surface area contributed by atoms with Crippen molar-refractivity contribution in [2.45, 2.75) is 25.9 Å². The van der Waals surface area contributed by atoms with E-state index in [9.17, 15) is 0 Å². The predicted octanol–water partition coefficient (Wildman–Crippen LogP) is 4.23. The molecule has 1 N–H and O–H groups in total. The molecule has 3 nitrogen and oxygen atoms in total. The number of nitrogens with one attached hydrogen (secondary N) is 1. The summed E-state index contributed by atoms with van der Waals surface area (Å²) in [7, 11) is 0. The molecule has 0 bridgehead atoms. The lowest BCUT2D eigenvalue weighted by Crippen LogP contribution is -2.20. The number of hydrogen-bond donors (Lipinski definition) is 1. The number of fused-ring (bicyclic) bond motifs is 1. The summed E-state index contributed by atoms with van der Waals surface area (Å²) in [6.45, 7) is 2.93. The van der Waals surface area contributed by atoms with E-state index in [-0.39, 0.29) is 0 Å². The fourth-order valence-electron chi connectivity index (χ4n) is 2.51. The lowest BCUT2D eigenvalue weighted by atomic mass is 10.0. The minimum Gasteiger partial charge on any atom is -0.305 e. The van der Waals surface area contributed by atoms with Crippen LogP contribution in [0.1, 0.15) is 30.6 Å². The van der Waals surface area contributed by atoms with Crippen LogP contribution in [-0.4, -0.2) is 9.38 Å². The Morgan fingerprint density at radius 1 is 1.14 bits per heavy atom. The molecule has 0 aliphatic heterocycles. The Morgan fingerprint density at radius 2 is 1.95 bits per heavy atom. The van der Waals surface area contributed by atoms with Gasteiger partial charge in [0.05, 0.1) is 10.7 Å². The van der Waals surface area contributed by atoms with Gasteiger partial charge in [-0.3, -0.25) is 0 Å². The second-order valence-electron chi connectivity index (χ2n) is 5.10. The Labute approximate surface area is 129 Å². The van der Waals surface area contributed by atoms with Crippen molar-refractivity contribution in [3.63, 3.8) is 0 Å². The van der Waals surface area contributed by atoms with E-state index in [4.69, 9.17) is 11.6 Å². The first-order valence-corrected chi connectivity index (χ1v) is 7.55. The van der Waals surface area contributed by atoms with Crippen LogP contribution in [0.15, 0.2) is 54.9 Å². The van der Waals surface area contributed by atoms with Crippen molar-refractivity contribution in [2.24, 2.45) is 0 Å². The summed E-state index contributed by atoms with van der Waals surface area (Å²) in [6, 6.07) is 14.6. The van der Waals surface area contributed by atoms with Gasteiger partial charge in [0.15, 0.2) is 0 Å². The van der Waals surface area contributed by atoms with Crippen LogP contribution < -0.4 is 5.32 Å². The average molecular weight is 300 g/mol. The zero-order valence-electron chi connectivity index (χ0n) is 12.0. The number of rotatable bonds is 5. The van der Waals surface area contributed by atoms with E-state index >= 15 is 0 Å². The Bertz CT molecular complexity index is 721. The van der Waals surface area contributed by atoms with Gasteiger partial charge in [0.25, 0.3) is 0 Å². The minimum absolute atomic E-state index is 0.347. The van der Waals surface area contributed by atoms with Crippen molar-refractivity contribution >= 4 is 17.2 Å². The number of nitrogens with zero attached hydrogens (tertiary/aromatic N) is 2. The van der Waals surface area contributed by atoms with Gasteiger partial charge in [-0.2, -0.15) is 0 Å². The van der Waals surface area contributed by atoms with Gasteiger partial charge in [-0.25, -0.2) is 4.98 Å². The van der Waals surface area contributed by atoms with Crippen molar-refractivity contribution in [3.05, 3.63) is 71.1 Å². The van der Waals surface area contributed by atoms with Crippen LogP contribution in [0.25, 0.3) is 5.65 Å². The van der Waals surface area contributed by atoms with E-state index in [0.29, 0.717) is 6.04 Å². The molecule has 0 spiro atoms. The molecule has 2 aromatic heterocycles. The highest BCUT2D eigenvalue weighted by molar-refractivity contribution is 6.30. The second-order valence-corrected chi connectivity index (χ2v) is 5.53. The van der Waals surface area contributed by atoms with Crippen LogP contribution in [0.2, 0.25) is 5.02 Å². The minimum atomic E-state index is 0.347. The van der Waals surface area contributed by atoms with Gasteiger partial charge >= 0.3 is 0 Å². The van der Waals surface area contributed by atoms with Gasteiger partial charge in [-0.15, -0.1) is 0 Å². The molecular weight excluding hydrogens is 282 g/mol. The summed E-state index contributed by atoms with van der Waals surface area (Å²) < 4.78 is 1.96. The fourth-order valence-corrected chi connectivity index (χ4v) is 2.68. The van der Waals surface area contributed by atoms with Gasteiger partial charge in [0, 0.05) is 25.0 Å². The molecule has 0 aliphatic carbocycles. The van der Waals surface area contributed by atoms with Gasteiger partial charge in [-0.1, -0.05) is 48.9 Å².